The van der Waals surface area contributed by atoms with Gasteiger partial charge in [0.2, 0.25) is 0 Å². The molecule has 1 saturated heterocycles. The normalized spacial score (nSPS) is 22.9. The third-order valence-electron chi connectivity index (χ3n) is 2.96. The molecule has 0 bridgehead atoms. The Morgan fingerprint density at radius 2 is 2.31 bits per heavy atom. The van der Waals surface area contributed by atoms with Crippen molar-refractivity contribution in [3.8, 4) is 0 Å². The molecule has 0 amide bonds. The first-order valence-corrected chi connectivity index (χ1v) is 6.75. The van der Waals surface area contributed by atoms with Gasteiger partial charge >= 0.3 is 0 Å². The Morgan fingerprint density at radius 1 is 1.50 bits per heavy atom. The van der Waals surface area contributed by atoms with Gasteiger partial charge < -0.3 is 10.5 Å². The minimum absolute atomic E-state index is 0.120. The summed E-state index contributed by atoms with van der Waals surface area (Å²) < 4.78 is 17.7. The Kier molecular flexibility index (Phi) is 3.61. The molecule has 0 aliphatic carbocycles. The van der Waals surface area contributed by atoms with E-state index in [4.69, 9.17) is 10.5 Å². The number of rotatable bonds is 2. The number of anilines is 1. The minimum atomic E-state index is -0.997. The number of nitrogen functional groups attached to an aromatic ring is 1. The van der Waals surface area contributed by atoms with Crippen molar-refractivity contribution in [3.05, 3.63) is 23.8 Å². The number of ether oxygens (including phenoxy) is 1. The van der Waals surface area contributed by atoms with Gasteiger partial charge in [0, 0.05) is 17.2 Å². The van der Waals surface area contributed by atoms with Gasteiger partial charge in [0.25, 0.3) is 0 Å². The maximum absolute atomic E-state index is 12.3. The molecule has 2 atom stereocenters. The second kappa shape index (κ2) is 4.97. The fraction of sp³-hybridized carbons (Fsp3) is 0.500. The predicted molar refractivity (Wildman–Crippen MR) is 65.8 cm³/mol. The highest BCUT2D eigenvalue weighted by atomic mass is 32.2. The first kappa shape index (κ1) is 11.6. The average Bonchev–Trinajstić information content (AvgIpc) is 2.33. The van der Waals surface area contributed by atoms with Crippen LogP contribution in [0.2, 0.25) is 0 Å². The van der Waals surface area contributed by atoms with E-state index in [9.17, 15) is 4.21 Å². The molecule has 1 aromatic carbocycles. The van der Waals surface area contributed by atoms with E-state index in [1.807, 2.05) is 25.1 Å². The Bertz CT molecular complexity index is 400. The number of benzene rings is 1. The molecule has 4 heteroatoms. The van der Waals surface area contributed by atoms with E-state index < -0.39 is 10.8 Å². The summed E-state index contributed by atoms with van der Waals surface area (Å²) >= 11 is 0. The van der Waals surface area contributed by atoms with Crippen molar-refractivity contribution in [2.45, 2.75) is 29.9 Å². The second-order valence-electron chi connectivity index (χ2n) is 4.11. The molecule has 1 aliphatic rings. The van der Waals surface area contributed by atoms with Crippen LogP contribution in [-0.4, -0.2) is 22.7 Å². The van der Waals surface area contributed by atoms with E-state index in [0.717, 1.165) is 29.9 Å². The molecule has 1 heterocycles. The monoisotopic (exact) mass is 239 g/mol. The molecule has 88 valence electrons. The largest absolute Gasteiger partial charge is 0.398 e. The Balaban J connectivity index is 2.22. The molecule has 3 nitrogen and oxygen atoms in total. The molecule has 1 fully saturated rings. The number of hydrogen-bond donors (Lipinski definition) is 1. The molecule has 0 saturated carbocycles. The van der Waals surface area contributed by atoms with E-state index in [2.05, 4.69) is 0 Å². The molecule has 1 aromatic rings. The highest BCUT2D eigenvalue weighted by Crippen LogP contribution is 2.24. The average molecular weight is 239 g/mol. The van der Waals surface area contributed by atoms with Gasteiger partial charge in [-0.1, -0.05) is 6.07 Å². The summed E-state index contributed by atoms with van der Waals surface area (Å²) in [6.45, 7) is 3.32. The first-order valence-electron chi connectivity index (χ1n) is 5.53. The highest BCUT2D eigenvalue weighted by Gasteiger charge is 2.23. The summed E-state index contributed by atoms with van der Waals surface area (Å²) in [5, 5.41) is 0.120. The maximum Gasteiger partial charge on any atom is 0.0629 e. The van der Waals surface area contributed by atoms with Gasteiger partial charge in [0.15, 0.2) is 0 Å². The molecular formula is C12H17NO2S. The van der Waals surface area contributed by atoms with Crippen molar-refractivity contribution in [3.63, 3.8) is 0 Å². The third-order valence-corrected chi connectivity index (χ3v) is 4.82. The van der Waals surface area contributed by atoms with Crippen LogP contribution in [0.4, 0.5) is 5.69 Å². The zero-order valence-corrected chi connectivity index (χ0v) is 10.3. The molecular weight excluding hydrogens is 222 g/mol. The fourth-order valence-electron chi connectivity index (χ4n) is 1.91. The molecule has 2 rings (SSSR count). The Hall–Kier alpha value is -0.870. The summed E-state index contributed by atoms with van der Waals surface area (Å²) in [6, 6.07) is 5.60. The first-order chi connectivity index (χ1) is 7.70. The van der Waals surface area contributed by atoms with E-state index >= 15 is 0 Å². The van der Waals surface area contributed by atoms with Gasteiger partial charge in [-0.2, -0.15) is 0 Å². The van der Waals surface area contributed by atoms with Crippen LogP contribution in [0.3, 0.4) is 0 Å². The van der Waals surface area contributed by atoms with Crippen molar-refractivity contribution in [1.82, 2.24) is 0 Å². The van der Waals surface area contributed by atoms with Gasteiger partial charge in [-0.05, 0) is 37.5 Å². The molecule has 16 heavy (non-hydrogen) atoms. The summed E-state index contributed by atoms with van der Waals surface area (Å²) in [5.74, 6) is 0. The van der Waals surface area contributed by atoms with Crippen molar-refractivity contribution in [2.24, 2.45) is 0 Å². The Labute approximate surface area is 98.4 Å². The van der Waals surface area contributed by atoms with E-state index in [0.29, 0.717) is 12.3 Å². The van der Waals surface area contributed by atoms with E-state index in [1.165, 1.54) is 0 Å². The zero-order chi connectivity index (χ0) is 11.5. The van der Waals surface area contributed by atoms with Crippen LogP contribution in [0.5, 0.6) is 0 Å². The van der Waals surface area contributed by atoms with Gasteiger partial charge in [0.1, 0.15) is 0 Å². The second-order valence-corrected chi connectivity index (χ2v) is 5.81. The predicted octanol–water partition coefficient (Wildman–Crippen LogP) is 1.86. The van der Waals surface area contributed by atoms with Crippen molar-refractivity contribution >= 4 is 16.5 Å². The smallest absolute Gasteiger partial charge is 0.0629 e. The van der Waals surface area contributed by atoms with Gasteiger partial charge in [-0.25, -0.2) is 0 Å². The van der Waals surface area contributed by atoms with Crippen LogP contribution in [0.25, 0.3) is 0 Å². The fourth-order valence-corrected chi connectivity index (χ4v) is 3.50. The van der Waals surface area contributed by atoms with Crippen LogP contribution in [0.1, 0.15) is 18.4 Å². The Morgan fingerprint density at radius 3 is 3.00 bits per heavy atom. The lowest BCUT2D eigenvalue weighted by molar-refractivity contribution is 0.100. The molecule has 1 aliphatic heterocycles. The zero-order valence-electron chi connectivity index (χ0n) is 9.44. The lowest BCUT2D eigenvalue weighted by Crippen LogP contribution is -2.27. The molecule has 0 radical (unpaired) electrons. The van der Waals surface area contributed by atoms with Gasteiger partial charge in [0.05, 0.1) is 22.7 Å². The van der Waals surface area contributed by atoms with Crippen LogP contribution < -0.4 is 5.73 Å². The number of hydrogen-bond acceptors (Lipinski definition) is 3. The van der Waals surface area contributed by atoms with E-state index in [-0.39, 0.29) is 5.25 Å². The molecule has 2 N–H and O–H groups in total. The van der Waals surface area contributed by atoms with Gasteiger partial charge in [-0.3, -0.25) is 4.21 Å². The summed E-state index contributed by atoms with van der Waals surface area (Å²) in [6.07, 6.45) is 1.97. The SMILES string of the molecule is Cc1c(N)cccc1S(=O)C1CCCOC1. The minimum Gasteiger partial charge on any atom is -0.398 e. The third kappa shape index (κ3) is 2.28. The lowest BCUT2D eigenvalue weighted by Gasteiger charge is -2.22. The van der Waals surface area contributed by atoms with Crippen molar-refractivity contribution in [2.75, 3.05) is 18.9 Å². The van der Waals surface area contributed by atoms with Crippen LogP contribution >= 0.6 is 0 Å². The molecule has 2 unspecified atom stereocenters. The molecule has 0 aromatic heterocycles. The van der Waals surface area contributed by atoms with Crippen molar-refractivity contribution in [1.29, 1.82) is 0 Å². The summed E-state index contributed by atoms with van der Waals surface area (Å²) in [7, 11) is -0.997. The molecule has 0 spiro atoms. The highest BCUT2D eigenvalue weighted by molar-refractivity contribution is 7.85. The van der Waals surface area contributed by atoms with E-state index in [1.54, 1.807) is 0 Å². The lowest BCUT2D eigenvalue weighted by atomic mass is 10.2. The quantitative estimate of drug-likeness (QED) is 0.801. The summed E-state index contributed by atoms with van der Waals surface area (Å²) in [4.78, 5) is 0.857. The maximum atomic E-state index is 12.3. The van der Waals surface area contributed by atoms with Crippen LogP contribution in [-0.2, 0) is 15.5 Å². The van der Waals surface area contributed by atoms with Crippen LogP contribution in [0.15, 0.2) is 23.1 Å². The topological polar surface area (TPSA) is 52.3 Å². The van der Waals surface area contributed by atoms with Crippen molar-refractivity contribution < 1.29 is 8.95 Å². The summed E-state index contributed by atoms with van der Waals surface area (Å²) in [5.41, 5.74) is 7.47. The van der Waals surface area contributed by atoms with Crippen LogP contribution in [0, 0.1) is 6.92 Å². The standard InChI is InChI=1S/C12H17NO2S/c1-9-11(13)5-2-6-12(9)16(14)10-4-3-7-15-8-10/h2,5-6,10H,3-4,7-8,13H2,1H3. The van der Waals surface area contributed by atoms with Gasteiger partial charge in [-0.15, -0.1) is 0 Å². The number of nitrogens with two attached hydrogens (primary N) is 1.